The first-order valence-electron chi connectivity index (χ1n) is 5.49. The van der Waals surface area contributed by atoms with Crippen molar-refractivity contribution >= 4 is 11.6 Å². The van der Waals surface area contributed by atoms with Gasteiger partial charge in [0.25, 0.3) is 6.43 Å². The van der Waals surface area contributed by atoms with E-state index in [2.05, 4.69) is 0 Å². The largest absolute Gasteiger partial charge is 0.495 e. The van der Waals surface area contributed by atoms with Gasteiger partial charge >= 0.3 is 0 Å². The molecule has 1 aromatic carbocycles. The molecule has 1 rings (SSSR count). The van der Waals surface area contributed by atoms with Gasteiger partial charge in [-0.25, -0.2) is 8.78 Å². The summed E-state index contributed by atoms with van der Waals surface area (Å²) in [5, 5.41) is 0.471. The summed E-state index contributed by atoms with van der Waals surface area (Å²) in [6, 6.07) is 4.92. The highest BCUT2D eigenvalue weighted by atomic mass is 35.5. The molecule has 1 unspecified atom stereocenters. The standard InChI is InChI=1S/C12H16ClF2NO2/c1-17-11-3-2-8(6-9(11)13)10(16)4-5-18-7-12(14)15/h2-3,6,10,12H,4-5,7,16H2,1H3. The highest BCUT2D eigenvalue weighted by Crippen LogP contribution is 2.27. The Hall–Kier alpha value is -0.910. The highest BCUT2D eigenvalue weighted by molar-refractivity contribution is 6.32. The summed E-state index contributed by atoms with van der Waals surface area (Å²) in [4.78, 5) is 0. The fourth-order valence-electron chi connectivity index (χ4n) is 1.46. The third-order valence-corrected chi connectivity index (χ3v) is 2.72. The topological polar surface area (TPSA) is 44.5 Å². The number of hydrogen-bond acceptors (Lipinski definition) is 3. The number of hydrogen-bond donors (Lipinski definition) is 1. The monoisotopic (exact) mass is 279 g/mol. The Morgan fingerprint density at radius 3 is 2.67 bits per heavy atom. The zero-order valence-corrected chi connectivity index (χ0v) is 10.8. The van der Waals surface area contributed by atoms with E-state index >= 15 is 0 Å². The van der Waals surface area contributed by atoms with Crippen LogP contribution in [0.1, 0.15) is 18.0 Å². The van der Waals surface area contributed by atoms with E-state index in [0.717, 1.165) is 5.56 Å². The summed E-state index contributed by atoms with van der Waals surface area (Å²) in [5.74, 6) is 0.571. The van der Waals surface area contributed by atoms with Crippen LogP contribution in [0.2, 0.25) is 5.02 Å². The van der Waals surface area contributed by atoms with Gasteiger partial charge in [-0.2, -0.15) is 0 Å². The van der Waals surface area contributed by atoms with E-state index in [9.17, 15) is 8.78 Å². The second-order valence-corrected chi connectivity index (χ2v) is 4.16. The lowest BCUT2D eigenvalue weighted by Crippen LogP contribution is -2.14. The third-order valence-electron chi connectivity index (χ3n) is 2.42. The van der Waals surface area contributed by atoms with Crippen LogP contribution in [0.5, 0.6) is 5.75 Å². The van der Waals surface area contributed by atoms with Crippen LogP contribution >= 0.6 is 11.6 Å². The highest BCUT2D eigenvalue weighted by Gasteiger charge is 2.10. The minimum atomic E-state index is -2.45. The first-order valence-corrected chi connectivity index (χ1v) is 5.87. The molecule has 18 heavy (non-hydrogen) atoms. The van der Waals surface area contributed by atoms with Crippen molar-refractivity contribution in [3.05, 3.63) is 28.8 Å². The second kappa shape index (κ2) is 7.51. The molecule has 0 saturated heterocycles. The molecule has 0 aliphatic rings. The van der Waals surface area contributed by atoms with Crippen LogP contribution in [-0.4, -0.2) is 26.7 Å². The Labute approximate surface area is 110 Å². The van der Waals surface area contributed by atoms with Crippen LogP contribution in [0.4, 0.5) is 8.78 Å². The molecular formula is C12H16ClF2NO2. The number of rotatable bonds is 7. The first-order chi connectivity index (χ1) is 8.54. The summed E-state index contributed by atoms with van der Waals surface area (Å²) in [5.41, 5.74) is 6.73. The SMILES string of the molecule is COc1ccc(C(N)CCOCC(F)F)cc1Cl. The van der Waals surface area contributed by atoms with Crippen molar-refractivity contribution < 1.29 is 18.3 Å². The van der Waals surface area contributed by atoms with E-state index in [1.54, 1.807) is 18.2 Å². The molecule has 1 aromatic rings. The molecule has 6 heteroatoms. The molecule has 0 spiro atoms. The summed E-state index contributed by atoms with van der Waals surface area (Å²) in [6.45, 7) is -0.370. The lowest BCUT2D eigenvalue weighted by molar-refractivity contribution is 0.0152. The normalized spacial score (nSPS) is 12.8. The van der Waals surface area contributed by atoms with Gasteiger partial charge in [0.05, 0.1) is 12.1 Å². The van der Waals surface area contributed by atoms with Crippen LogP contribution in [0.25, 0.3) is 0 Å². The van der Waals surface area contributed by atoms with E-state index in [1.807, 2.05) is 0 Å². The predicted molar refractivity (Wildman–Crippen MR) is 66.4 cm³/mol. The molecule has 0 aromatic heterocycles. The number of methoxy groups -OCH3 is 1. The zero-order valence-electron chi connectivity index (χ0n) is 10.0. The lowest BCUT2D eigenvalue weighted by Gasteiger charge is -2.13. The smallest absolute Gasteiger partial charge is 0.261 e. The van der Waals surface area contributed by atoms with Crippen LogP contribution in [-0.2, 0) is 4.74 Å². The Morgan fingerprint density at radius 1 is 1.39 bits per heavy atom. The average molecular weight is 280 g/mol. The van der Waals surface area contributed by atoms with Gasteiger partial charge in [-0.05, 0) is 24.1 Å². The average Bonchev–Trinajstić information content (AvgIpc) is 2.34. The van der Waals surface area contributed by atoms with Gasteiger partial charge in [0.15, 0.2) is 0 Å². The third kappa shape index (κ3) is 4.76. The van der Waals surface area contributed by atoms with Gasteiger partial charge in [0.1, 0.15) is 12.4 Å². The van der Waals surface area contributed by atoms with Crippen LogP contribution in [0.15, 0.2) is 18.2 Å². The molecular weight excluding hydrogens is 264 g/mol. The predicted octanol–water partition coefficient (Wildman–Crippen LogP) is 3.02. The van der Waals surface area contributed by atoms with Crippen molar-refractivity contribution in [2.24, 2.45) is 5.73 Å². The minimum Gasteiger partial charge on any atom is -0.495 e. The zero-order chi connectivity index (χ0) is 13.5. The number of ether oxygens (including phenoxy) is 2. The van der Waals surface area contributed by atoms with Gasteiger partial charge in [0.2, 0.25) is 0 Å². The quantitative estimate of drug-likeness (QED) is 0.780. The van der Waals surface area contributed by atoms with Gasteiger partial charge in [0, 0.05) is 12.6 Å². The van der Waals surface area contributed by atoms with E-state index in [0.29, 0.717) is 17.2 Å². The molecule has 3 nitrogen and oxygen atoms in total. The van der Waals surface area contributed by atoms with E-state index < -0.39 is 13.0 Å². The van der Waals surface area contributed by atoms with E-state index in [1.165, 1.54) is 7.11 Å². The molecule has 1 atom stereocenters. The summed E-state index contributed by atoms with van der Waals surface area (Å²) < 4.78 is 33.5. The molecule has 0 aliphatic heterocycles. The molecule has 0 bridgehead atoms. The maximum absolute atomic E-state index is 11.8. The fourth-order valence-corrected chi connectivity index (χ4v) is 1.73. The number of benzene rings is 1. The first kappa shape index (κ1) is 15.1. The van der Waals surface area contributed by atoms with Gasteiger partial charge < -0.3 is 15.2 Å². The van der Waals surface area contributed by atoms with Crippen molar-refractivity contribution in [2.75, 3.05) is 20.3 Å². The summed E-state index contributed by atoms with van der Waals surface area (Å²) in [7, 11) is 1.53. The van der Waals surface area contributed by atoms with Crippen LogP contribution < -0.4 is 10.5 Å². The molecule has 0 amide bonds. The maximum atomic E-state index is 11.8. The van der Waals surface area contributed by atoms with Crippen molar-refractivity contribution in [2.45, 2.75) is 18.9 Å². The Morgan fingerprint density at radius 2 is 2.11 bits per heavy atom. The van der Waals surface area contributed by atoms with Gasteiger partial charge in [-0.15, -0.1) is 0 Å². The lowest BCUT2D eigenvalue weighted by atomic mass is 10.1. The van der Waals surface area contributed by atoms with Crippen LogP contribution in [0, 0.1) is 0 Å². The van der Waals surface area contributed by atoms with E-state index in [4.69, 9.17) is 26.8 Å². The van der Waals surface area contributed by atoms with Gasteiger partial charge in [-0.1, -0.05) is 17.7 Å². The molecule has 0 aliphatic carbocycles. The number of alkyl halides is 2. The molecule has 102 valence electrons. The van der Waals surface area contributed by atoms with Crippen molar-refractivity contribution in [3.63, 3.8) is 0 Å². The van der Waals surface area contributed by atoms with Gasteiger partial charge in [-0.3, -0.25) is 0 Å². The summed E-state index contributed by atoms with van der Waals surface area (Å²) in [6.07, 6.45) is -1.99. The molecule has 0 saturated carbocycles. The molecule has 0 fully saturated rings. The van der Waals surface area contributed by atoms with Crippen molar-refractivity contribution in [3.8, 4) is 5.75 Å². The minimum absolute atomic E-state index is 0.190. The summed E-state index contributed by atoms with van der Waals surface area (Å²) >= 11 is 5.97. The van der Waals surface area contributed by atoms with Crippen molar-refractivity contribution in [1.29, 1.82) is 0 Å². The molecule has 2 N–H and O–H groups in total. The Bertz CT molecular complexity index is 377. The second-order valence-electron chi connectivity index (χ2n) is 3.76. The Kier molecular flexibility index (Phi) is 6.32. The van der Waals surface area contributed by atoms with Crippen molar-refractivity contribution in [1.82, 2.24) is 0 Å². The Balaban J connectivity index is 2.46. The molecule has 0 heterocycles. The maximum Gasteiger partial charge on any atom is 0.261 e. The fraction of sp³-hybridized carbons (Fsp3) is 0.500. The van der Waals surface area contributed by atoms with Crippen LogP contribution in [0.3, 0.4) is 0 Å². The molecule has 0 radical (unpaired) electrons. The number of nitrogens with two attached hydrogens (primary N) is 1. The van der Waals surface area contributed by atoms with E-state index in [-0.39, 0.29) is 12.6 Å². The number of halogens is 3.